The van der Waals surface area contributed by atoms with Crippen LogP contribution in [0.5, 0.6) is 0 Å². The minimum Gasteiger partial charge on any atom is -0.465 e. The average molecular weight is 270 g/mol. The lowest BCUT2D eigenvalue weighted by molar-refractivity contribution is 0.140. The summed E-state index contributed by atoms with van der Waals surface area (Å²) in [6.07, 6.45) is -1.26. The molecule has 0 saturated carbocycles. The van der Waals surface area contributed by atoms with Crippen LogP contribution in [0.15, 0.2) is 0 Å². The lowest BCUT2D eigenvalue weighted by Gasteiger charge is -2.38. The highest BCUT2D eigenvalue weighted by atomic mass is 28.4. The molecule has 0 aromatic carbocycles. The van der Waals surface area contributed by atoms with E-state index in [0.29, 0.717) is 6.54 Å². The average Bonchev–Trinajstić information content (AvgIpc) is 2.58. The van der Waals surface area contributed by atoms with E-state index in [1.807, 2.05) is 0 Å². The molecule has 1 N–H and O–H groups in total. The van der Waals surface area contributed by atoms with Gasteiger partial charge in [-0.25, -0.2) is 4.79 Å². The first-order valence-electron chi connectivity index (χ1n) is 6.14. The Hall–Kier alpha value is -1.06. The zero-order valence-corrected chi connectivity index (χ0v) is 12.7. The molecule has 2 atom stereocenters. The Morgan fingerprint density at radius 2 is 2.00 bits per heavy atom. The van der Waals surface area contributed by atoms with Gasteiger partial charge in [-0.3, -0.25) is 0 Å². The number of hydrogen-bond donors (Lipinski definition) is 1. The molecule has 1 aliphatic heterocycles. The first kappa shape index (κ1) is 15.0. The number of nitriles is 1. The number of rotatable bonds is 2. The van der Waals surface area contributed by atoms with Crippen LogP contribution in [-0.4, -0.2) is 43.6 Å². The Balaban J connectivity index is 2.79. The Morgan fingerprint density at radius 1 is 1.44 bits per heavy atom. The topological polar surface area (TPSA) is 73.6 Å². The number of amides is 1. The van der Waals surface area contributed by atoms with Crippen LogP contribution >= 0.6 is 0 Å². The molecule has 1 saturated heterocycles. The molecule has 18 heavy (non-hydrogen) atoms. The molecular formula is C12H22N2O3Si. The molecule has 1 rings (SSSR count). The molecule has 0 unspecified atom stereocenters. The predicted molar refractivity (Wildman–Crippen MR) is 70.8 cm³/mol. The van der Waals surface area contributed by atoms with Gasteiger partial charge in [0.25, 0.3) is 0 Å². The van der Waals surface area contributed by atoms with Crippen molar-refractivity contribution in [3.63, 3.8) is 0 Å². The van der Waals surface area contributed by atoms with Crippen LogP contribution in [0.25, 0.3) is 0 Å². The van der Waals surface area contributed by atoms with Crippen LogP contribution in [0, 0.1) is 17.2 Å². The molecule has 0 bridgehead atoms. The predicted octanol–water partition coefficient (Wildman–Crippen LogP) is 2.51. The first-order chi connectivity index (χ1) is 8.08. The smallest absolute Gasteiger partial charge is 0.407 e. The molecule has 6 heteroatoms. The third kappa shape index (κ3) is 3.03. The van der Waals surface area contributed by atoms with Gasteiger partial charge in [-0.15, -0.1) is 0 Å². The van der Waals surface area contributed by atoms with Crippen molar-refractivity contribution < 1.29 is 14.3 Å². The summed E-state index contributed by atoms with van der Waals surface area (Å²) in [4.78, 5) is 12.2. The van der Waals surface area contributed by atoms with E-state index in [-0.39, 0.29) is 23.6 Å². The summed E-state index contributed by atoms with van der Waals surface area (Å²) in [5.41, 5.74) is 0. The van der Waals surface area contributed by atoms with Crippen LogP contribution in [0.1, 0.15) is 20.8 Å². The van der Waals surface area contributed by atoms with Gasteiger partial charge in [-0.2, -0.15) is 5.26 Å². The maximum Gasteiger partial charge on any atom is 0.407 e. The van der Waals surface area contributed by atoms with Crippen LogP contribution in [0.2, 0.25) is 18.1 Å². The lowest BCUT2D eigenvalue weighted by atomic mass is 10.1. The SMILES string of the molecule is CC(C)(C)[Si](C)(C)O[C@@H]1CN(C(=O)O)C[C@@H]1C#N. The second kappa shape index (κ2) is 4.90. The molecule has 102 valence electrons. The number of hydrogen-bond acceptors (Lipinski definition) is 3. The molecule has 1 heterocycles. The molecule has 1 fully saturated rings. The zero-order valence-electron chi connectivity index (χ0n) is 11.7. The minimum absolute atomic E-state index is 0.0592. The van der Waals surface area contributed by atoms with E-state index in [1.165, 1.54) is 4.90 Å². The largest absolute Gasteiger partial charge is 0.465 e. The Kier molecular flexibility index (Phi) is 4.08. The van der Waals surface area contributed by atoms with Gasteiger partial charge < -0.3 is 14.4 Å². The molecular weight excluding hydrogens is 248 g/mol. The van der Waals surface area contributed by atoms with Gasteiger partial charge in [0, 0.05) is 6.54 Å². The third-order valence-electron chi connectivity index (χ3n) is 3.95. The molecule has 1 amide bonds. The summed E-state index contributed by atoms with van der Waals surface area (Å²) >= 11 is 0. The number of likely N-dealkylation sites (tertiary alicyclic amines) is 1. The molecule has 5 nitrogen and oxygen atoms in total. The highest BCUT2D eigenvalue weighted by molar-refractivity contribution is 6.74. The van der Waals surface area contributed by atoms with Gasteiger partial charge in [0.2, 0.25) is 0 Å². The summed E-state index contributed by atoms with van der Waals surface area (Å²) in [6.45, 7) is 11.2. The van der Waals surface area contributed by atoms with Gasteiger partial charge >= 0.3 is 6.09 Å². The summed E-state index contributed by atoms with van der Waals surface area (Å²) < 4.78 is 6.16. The fourth-order valence-corrected chi connectivity index (χ4v) is 3.08. The van der Waals surface area contributed by atoms with Crippen molar-refractivity contribution in [3.8, 4) is 6.07 Å². The first-order valence-corrected chi connectivity index (χ1v) is 9.04. The van der Waals surface area contributed by atoms with E-state index < -0.39 is 14.4 Å². The van der Waals surface area contributed by atoms with E-state index in [1.54, 1.807) is 0 Å². The quantitative estimate of drug-likeness (QED) is 0.782. The normalized spacial score (nSPS) is 25.0. The highest BCUT2D eigenvalue weighted by Gasteiger charge is 2.44. The fraction of sp³-hybridized carbons (Fsp3) is 0.833. The highest BCUT2D eigenvalue weighted by Crippen LogP contribution is 2.39. The van der Waals surface area contributed by atoms with Crippen molar-refractivity contribution in [2.75, 3.05) is 13.1 Å². The monoisotopic (exact) mass is 270 g/mol. The van der Waals surface area contributed by atoms with Crippen molar-refractivity contribution in [3.05, 3.63) is 0 Å². The summed E-state index contributed by atoms with van der Waals surface area (Å²) in [5.74, 6) is -0.352. The van der Waals surface area contributed by atoms with Crippen molar-refractivity contribution in [2.24, 2.45) is 5.92 Å². The van der Waals surface area contributed by atoms with Crippen LogP contribution in [0.3, 0.4) is 0 Å². The van der Waals surface area contributed by atoms with Crippen LogP contribution < -0.4 is 0 Å². The van der Waals surface area contributed by atoms with Crippen molar-refractivity contribution in [1.29, 1.82) is 5.26 Å². The lowest BCUT2D eigenvalue weighted by Crippen LogP contribution is -2.46. The van der Waals surface area contributed by atoms with E-state index >= 15 is 0 Å². The summed E-state index contributed by atoms with van der Waals surface area (Å²) in [5, 5.41) is 18.1. The standard InChI is InChI=1S/C12H22N2O3Si/c1-12(2,3)18(4,5)17-10-8-14(11(15)16)7-9(10)6-13/h9-10H,7-8H2,1-5H3,(H,15,16)/t9-,10+/m0/s1. The number of nitrogens with zero attached hydrogens (tertiary/aromatic N) is 2. The van der Waals surface area contributed by atoms with Gasteiger partial charge in [0.05, 0.1) is 24.6 Å². The van der Waals surface area contributed by atoms with Gasteiger partial charge in [0.1, 0.15) is 0 Å². The van der Waals surface area contributed by atoms with Crippen molar-refractivity contribution >= 4 is 14.4 Å². The maximum atomic E-state index is 10.9. The Morgan fingerprint density at radius 3 is 2.39 bits per heavy atom. The van der Waals surface area contributed by atoms with E-state index in [4.69, 9.17) is 14.8 Å². The van der Waals surface area contributed by atoms with Crippen LogP contribution in [-0.2, 0) is 4.43 Å². The van der Waals surface area contributed by atoms with Gasteiger partial charge in [-0.05, 0) is 18.1 Å². The van der Waals surface area contributed by atoms with E-state index in [2.05, 4.69) is 39.9 Å². The zero-order chi connectivity index (χ0) is 14.1. The van der Waals surface area contributed by atoms with E-state index in [9.17, 15) is 4.79 Å². The van der Waals surface area contributed by atoms with Crippen LogP contribution in [0.4, 0.5) is 4.79 Å². The fourth-order valence-electron chi connectivity index (χ4n) is 1.73. The van der Waals surface area contributed by atoms with Gasteiger partial charge in [0.15, 0.2) is 8.32 Å². The molecule has 0 radical (unpaired) electrons. The molecule has 1 aliphatic rings. The van der Waals surface area contributed by atoms with Gasteiger partial charge in [-0.1, -0.05) is 20.8 Å². The third-order valence-corrected chi connectivity index (χ3v) is 8.46. The Bertz CT molecular complexity index is 370. The second-order valence-corrected chi connectivity index (χ2v) is 11.1. The molecule has 0 aromatic heterocycles. The Labute approximate surface area is 109 Å². The minimum atomic E-state index is -1.96. The summed E-state index contributed by atoms with van der Waals surface area (Å²) in [6, 6.07) is 2.17. The summed E-state index contributed by atoms with van der Waals surface area (Å²) in [7, 11) is -1.96. The van der Waals surface area contributed by atoms with Crippen molar-refractivity contribution in [1.82, 2.24) is 4.90 Å². The number of carbonyl (C=O) groups is 1. The van der Waals surface area contributed by atoms with E-state index in [0.717, 1.165) is 0 Å². The second-order valence-electron chi connectivity index (χ2n) is 6.34. The maximum absolute atomic E-state index is 10.9. The number of carboxylic acid groups (broad SMARTS) is 1. The van der Waals surface area contributed by atoms with Crippen molar-refractivity contribution in [2.45, 2.75) is 45.0 Å². The molecule has 0 aromatic rings. The molecule has 0 spiro atoms. The molecule has 0 aliphatic carbocycles.